The third-order valence-corrected chi connectivity index (χ3v) is 1.74. The van der Waals surface area contributed by atoms with Crippen LogP contribution in [0.1, 0.15) is 0 Å². The molecule has 1 heterocycles. The molecule has 0 aliphatic heterocycles. The molecule has 0 unspecified atom stereocenters. The Morgan fingerprint density at radius 1 is 1.00 bits per heavy atom. The maximum atomic E-state index is 2.19. The molecule has 0 nitrogen and oxygen atoms in total. The molecular weight excluding hydrogens is 128 g/mol. The molecule has 5 heavy (non-hydrogen) atoms. The van der Waals surface area contributed by atoms with Gasteiger partial charge in [-0.2, -0.15) is 0 Å². The first-order valence-electron chi connectivity index (χ1n) is 1.47. The van der Waals surface area contributed by atoms with Crippen LogP contribution in [0.3, 0.4) is 0 Å². The van der Waals surface area contributed by atoms with Gasteiger partial charge in [-0.1, -0.05) is 0 Å². The fourth-order valence-electron chi connectivity index (χ4n) is 0.227. The van der Waals surface area contributed by atoms with Crippen LogP contribution in [0.15, 0.2) is 22.0 Å². The third-order valence-electron chi connectivity index (χ3n) is 0.425. The molecule has 0 saturated heterocycles. The zero-order valence-corrected chi connectivity index (χ0v) is 4.43. The Morgan fingerprint density at radius 3 is 1.80 bits per heavy atom. The standard InChI is InChI=1S/C4H4Se/c1-2-4-5-3-1/h1-4H/i3+1. The van der Waals surface area contributed by atoms with E-state index in [-0.39, 0.29) is 0 Å². The summed E-state index contributed by atoms with van der Waals surface area (Å²) in [6.45, 7) is 0. The third kappa shape index (κ3) is 0.640. The summed E-state index contributed by atoms with van der Waals surface area (Å²) in [4.78, 5) is 4.38. The summed E-state index contributed by atoms with van der Waals surface area (Å²) in [6.07, 6.45) is 0. The fraction of sp³-hybridized carbons (Fsp3) is 0. The van der Waals surface area contributed by atoms with Gasteiger partial charge in [-0.3, -0.25) is 0 Å². The van der Waals surface area contributed by atoms with Crippen LogP contribution < -0.4 is 0 Å². The summed E-state index contributed by atoms with van der Waals surface area (Å²) < 4.78 is 0. The Morgan fingerprint density at radius 2 is 1.60 bits per heavy atom. The Labute approximate surface area is 37.2 Å². The molecule has 0 radical (unpaired) electrons. The van der Waals surface area contributed by atoms with E-state index in [2.05, 4.69) is 22.0 Å². The van der Waals surface area contributed by atoms with Gasteiger partial charge in [0.15, 0.2) is 0 Å². The molecular formula is C4H4Se. The monoisotopic (exact) mass is 133 g/mol. The van der Waals surface area contributed by atoms with Crippen LogP contribution in [0.4, 0.5) is 0 Å². The average Bonchev–Trinajstić information content (AvgIpc) is 1.76. The summed E-state index contributed by atoms with van der Waals surface area (Å²) in [5, 5.41) is 0. The van der Waals surface area contributed by atoms with Crippen LogP contribution in [0.25, 0.3) is 0 Å². The SMILES string of the molecule is c1c[13cH][se]c1. The van der Waals surface area contributed by atoms with Gasteiger partial charge in [0.25, 0.3) is 0 Å². The van der Waals surface area contributed by atoms with Crippen molar-refractivity contribution in [2.45, 2.75) is 0 Å². The van der Waals surface area contributed by atoms with Gasteiger partial charge in [-0.05, 0) is 0 Å². The van der Waals surface area contributed by atoms with E-state index >= 15 is 0 Å². The van der Waals surface area contributed by atoms with E-state index < -0.39 is 0 Å². The number of rotatable bonds is 0. The van der Waals surface area contributed by atoms with Crippen molar-refractivity contribution >= 4 is 14.5 Å². The van der Waals surface area contributed by atoms with Crippen molar-refractivity contribution in [3.05, 3.63) is 22.0 Å². The second kappa shape index (κ2) is 1.44. The van der Waals surface area contributed by atoms with Crippen LogP contribution in [0.5, 0.6) is 0 Å². The van der Waals surface area contributed by atoms with Gasteiger partial charge < -0.3 is 0 Å². The Balaban J connectivity index is 3.13. The zero-order chi connectivity index (χ0) is 3.54. The van der Waals surface area contributed by atoms with Gasteiger partial charge in [-0.25, -0.2) is 0 Å². The molecule has 0 saturated carbocycles. The Bertz CT molecular complexity index is 60.1. The van der Waals surface area contributed by atoms with Gasteiger partial charge in [0.2, 0.25) is 0 Å². The second-order valence-corrected chi connectivity index (χ2v) is 2.51. The molecule has 0 spiro atoms. The van der Waals surface area contributed by atoms with E-state index in [4.69, 9.17) is 0 Å². The first-order chi connectivity index (χ1) is 2.50. The van der Waals surface area contributed by atoms with Crippen molar-refractivity contribution in [1.82, 2.24) is 0 Å². The van der Waals surface area contributed by atoms with E-state index in [1.165, 1.54) is 0 Å². The molecule has 0 aromatic carbocycles. The first-order valence-corrected chi connectivity index (χ1v) is 3.45. The molecule has 0 N–H and O–H groups in total. The molecule has 1 heteroatoms. The van der Waals surface area contributed by atoms with Crippen molar-refractivity contribution in [1.29, 1.82) is 0 Å². The number of hydrogen-bond donors (Lipinski definition) is 0. The van der Waals surface area contributed by atoms with Crippen LogP contribution in [-0.4, -0.2) is 14.5 Å². The van der Waals surface area contributed by atoms with Crippen molar-refractivity contribution in [3.63, 3.8) is 0 Å². The maximum absolute atomic E-state index is 2.19. The summed E-state index contributed by atoms with van der Waals surface area (Å²) in [7, 11) is 0. The van der Waals surface area contributed by atoms with Crippen LogP contribution in [0, 0.1) is 0 Å². The molecule has 1 aromatic rings. The van der Waals surface area contributed by atoms with E-state index in [0.717, 1.165) is 0 Å². The number of hydrogen-bond acceptors (Lipinski definition) is 0. The molecule has 26 valence electrons. The minimum absolute atomic E-state index is 0.708. The van der Waals surface area contributed by atoms with Gasteiger partial charge >= 0.3 is 36.5 Å². The Hall–Kier alpha value is -0.000519. The second-order valence-electron chi connectivity index (χ2n) is 0.793. The summed E-state index contributed by atoms with van der Waals surface area (Å²) >= 11 is 0.708. The van der Waals surface area contributed by atoms with Gasteiger partial charge in [0.1, 0.15) is 0 Å². The summed E-state index contributed by atoms with van der Waals surface area (Å²) in [5.41, 5.74) is 0. The predicted octanol–water partition coefficient (Wildman–Crippen LogP) is 0.744. The molecule has 0 fully saturated rings. The molecule has 0 atom stereocenters. The zero-order valence-electron chi connectivity index (χ0n) is 2.72. The van der Waals surface area contributed by atoms with Crippen molar-refractivity contribution < 1.29 is 0 Å². The Kier molecular flexibility index (Phi) is 0.921. The normalized spacial score (nSPS) is 8.00. The molecule has 1 rings (SSSR count). The molecule has 0 amide bonds. The first kappa shape index (κ1) is 3.20. The molecule has 0 aliphatic rings. The van der Waals surface area contributed by atoms with Crippen LogP contribution in [-0.2, 0) is 0 Å². The van der Waals surface area contributed by atoms with E-state index in [1.54, 1.807) is 0 Å². The summed E-state index contributed by atoms with van der Waals surface area (Å²) in [6, 6.07) is 4.17. The van der Waals surface area contributed by atoms with Crippen LogP contribution >= 0.6 is 0 Å². The van der Waals surface area contributed by atoms with Gasteiger partial charge in [0.05, 0.1) is 0 Å². The topological polar surface area (TPSA) is 0 Å². The molecule has 1 aromatic heterocycles. The predicted molar refractivity (Wildman–Crippen MR) is 23.4 cm³/mol. The minimum atomic E-state index is 0.708. The van der Waals surface area contributed by atoms with E-state index in [9.17, 15) is 0 Å². The summed E-state index contributed by atoms with van der Waals surface area (Å²) in [5.74, 6) is 0. The quantitative estimate of drug-likeness (QED) is 0.457. The van der Waals surface area contributed by atoms with Crippen LogP contribution in [0.2, 0.25) is 0 Å². The van der Waals surface area contributed by atoms with Crippen molar-refractivity contribution in [2.24, 2.45) is 0 Å². The van der Waals surface area contributed by atoms with E-state index in [1.807, 2.05) is 0 Å². The molecule has 0 aliphatic carbocycles. The van der Waals surface area contributed by atoms with Crippen molar-refractivity contribution in [2.75, 3.05) is 0 Å². The fourth-order valence-corrected chi connectivity index (χ4v) is 1.18. The average molecular weight is 132 g/mol. The van der Waals surface area contributed by atoms with Crippen molar-refractivity contribution in [3.8, 4) is 0 Å². The van der Waals surface area contributed by atoms with Gasteiger partial charge in [0, 0.05) is 0 Å². The van der Waals surface area contributed by atoms with Gasteiger partial charge in [-0.15, -0.1) is 0 Å². The molecule has 0 bridgehead atoms. The van der Waals surface area contributed by atoms with E-state index in [0.29, 0.717) is 14.5 Å².